The van der Waals surface area contributed by atoms with Crippen LogP contribution in [0, 0.1) is 41.2 Å². The van der Waals surface area contributed by atoms with Crippen LogP contribution in [0.4, 0.5) is 22.0 Å². The fraction of sp³-hybridized carbons (Fsp3) is 0.600. The molecule has 0 spiro atoms. The first-order valence-electron chi connectivity index (χ1n) is 11.2. The Morgan fingerprint density at radius 2 is 1.58 bits per heavy atom. The Morgan fingerprint density at radius 3 is 2.13 bits per heavy atom. The van der Waals surface area contributed by atoms with E-state index in [9.17, 15) is 22.0 Å². The molecule has 1 aromatic carbocycles. The van der Waals surface area contributed by atoms with Gasteiger partial charge in [-0.15, -0.1) is 13.2 Å². The third-order valence-corrected chi connectivity index (χ3v) is 6.64. The van der Waals surface area contributed by atoms with E-state index in [2.05, 4.69) is 29.6 Å². The SMILES string of the molecule is CCC1CCC(C=CC#CC2CCC(c3cc(F)c(OC(F)(F)F)c(F)c3)CC2)CC1. The van der Waals surface area contributed by atoms with Crippen LogP contribution in [0.15, 0.2) is 24.3 Å². The van der Waals surface area contributed by atoms with Gasteiger partial charge in [0.1, 0.15) is 0 Å². The van der Waals surface area contributed by atoms with Crippen LogP contribution in [-0.2, 0) is 0 Å². The quantitative estimate of drug-likeness (QED) is 0.341. The highest BCUT2D eigenvalue weighted by atomic mass is 19.4. The van der Waals surface area contributed by atoms with Crippen LogP contribution in [0.1, 0.15) is 76.2 Å². The van der Waals surface area contributed by atoms with Gasteiger partial charge in [-0.05, 0) is 92.9 Å². The lowest BCUT2D eigenvalue weighted by Gasteiger charge is -2.26. The summed E-state index contributed by atoms with van der Waals surface area (Å²) in [5.41, 5.74) is 0.374. The molecule has 0 amide bonds. The minimum Gasteiger partial charge on any atom is -0.399 e. The monoisotopic (exact) mass is 440 g/mol. The molecule has 0 unspecified atom stereocenters. The molecular weight excluding hydrogens is 411 g/mol. The molecule has 2 fully saturated rings. The number of rotatable bonds is 4. The molecular formula is C25H29F5O. The Morgan fingerprint density at radius 1 is 0.968 bits per heavy atom. The molecule has 2 saturated carbocycles. The predicted octanol–water partition coefficient (Wildman–Crippen LogP) is 7.91. The summed E-state index contributed by atoms with van der Waals surface area (Å²) in [6, 6.07) is 1.91. The molecule has 3 rings (SSSR count). The summed E-state index contributed by atoms with van der Waals surface area (Å²) in [5.74, 6) is 4.03. The molecule has 1 nitrogen and oxygen atoms in total. The number of benzene rings is 1. The molecule has 1 aromatic rings. The van der Waals surface area contributed by atoms with Gasteiger partial charge in [0.2, 0.25) is 5.75 Å². The molecule has 0 bridgehead atoms. The largest absolute Gasteiger partial charge is 0.573 e. The number of hydrogen-bond donors (Lipinski definition) is 0. The van der Waals surface area contributed by atoms with Gasteiger partial charge in [-0.1, -0.05) is 31.3 Å². The van der Waals surface area contributed by atoms with Gasteiger partial charge >= 0.3 is 6.36 Å². The summed E-state index contributed by atoms with van der Waals surface area (Å²) in [4.78, 5) is 0. The summed E-state index contributed by atoms with van der Waals surface area (Å²) in [7, 11) is 0. The summed E-state index contributed by atoms with van der Waals surface area (Å²) in [6.07, 6.45) is 8.39. The smallest absolute Gasteiger partial charge is 0.399 e. The lowest BCUT2D eigenvalue weighted by atomic mass is 9.79. The molecule has 6 heteroatoms. The van der Waals surface area contributed by atoms with Crippen LogP contribution >= 0.6 is 0 Å². The normalized spacial score (nSPS) is 27.0. The summed E-state index contributed by atoms with van der Waals surface area (Å²) < 4.78 is 68.3. The van der Waals surface area contributed by atoms with Gasteiger partial charge in [0.05, 0.1) is 0 Å². The minimum atomic E-state index is -5.14. The fourth-order valence-electron chi connectivity index (χ4n) is 4.74. The van der Waals surface area contributed by atoms with E-state index in [4.69, 9.17) is 0 Å². The lowest BCUT2D eigenvalue weighted by Crippen LogP contribution is -2.19. The Hall–Kier alpha value is -2.03. The van der Waals surface area contributed by atoms with Crippen LogP contribution in [-0.4, -0.2) is 6.36 Å². The van der Waals surface area contributed by atoms with Crippen LogP contribution in [0.5, 0.6) is 5.75 Å². The van der Waals surface area contributed by atoms with Crippen molar-refractivity contribution in [3.05, 3.63) is 41.5 Å². The minimum absolute atomic E-state index is 0.0914. The third kappa shape index (κ3) is 6.98. The maximum absolute atomic E-state index is 14.0. The number of allylic oxidation sites excluding steroid dienone is 2. The number of hydrogen-bond acceptors (Lipinski definition) is 1. The zero-order valence-corrected chi connectivity index (χ0v) is 17.8. The maximum atomic E-state index is 14.0. The van der Waals surface area contributed by atoms with Crippen molar-refractivity contribution < 1.29 is 26.7 Å². The van der Waals surface area contributed by atoms with Gasteiger partial charge in [0, 0.05) is 5.92 Å². The molecule has 0 atom stereocenters. The van der Waals surface area contributed by atoms with Gasteiger partial charge in [-0.2, -0.15) is 0 Å². The van der Waals surface area contributed by atoms with E-state index in [1.807, 2.05) is 6.08 Å². The average molecular weight is 440 g/mol. The molecule has 2 aliphatic rings. The first-order chi connectivity index (χ1) is 14.7. The molecule has 0 N–H and O–H groups in total. The van der Waals surface area contributed by atoms with E-state index in [0.29, 0.717) is 24.3 Å². The molecule has 0 heterocycles. The second-order valence-corrected chi connectivity index (χ2v) is 8.75. The second-order valence-electron chi connectivity index (χ2n) is 8.75. The van der Waals surface area contributed by atoms with Crippen molar-refractivity contribution in [3.63, 3.8) is 0 Å². The Labute approximate surface area is 181 Å². The van der Waals surface area contributed by atoms with E-state index in [1.54, 1.807) is 0 Å². The molecule has 0 aliphatic heterocycles. The van der Waals surface area contributed by atoms with E-state index < -0.39 is 23.7 Å². The van der Waals surface area contributed by atoms with Crippen LogP contribution in [0.2, 0.25) is 0 Å². The van der Waals surface area contributed by atoms with Crippen molar-refractivity contribution in [3.8, 4) is 17.6 Å². The van der Waals surface area contributed by atoms with Crippen molar-refractivity contribution in [2.24, 2.45) is 17.8 Å². The topological polar surface area (TPSA) is 9.23 Å². The molecule has 170 valence electrons. The van der Waals surface area contributed by atoms with E-state index in [0.717, 1.165) is 30.9 Å². The zero-order chi connectivity index (χ0) is 22.4. The standard InChI is InChI=1S/C25H29F5O/c1-2-17-7-9-18(10-8-17)5-3-4-6-19-11-13-20(14-12-19)21-15-22(26)24(23(27)16-21)31-25(28,29)30/h3,5,15-20H,2,7-14H2,1H3. The molecule has 31 heavy (non-hydrogen) atoms. The van der Waals surface area contributed by atoms with Gasteiger partial charge in [-0.3, -0.25) is 0 Å². The van der Waals surface area contributed by atoms with E-state index in [1.165, 1.54) is 32.1 Å². The molecule has 2 aliphatic carbocycles. The van der Waals surface area contributed by atoms with Gasteiger partial charge in [-0.25, -0.2) is 8.78 Å². The van der Waals surface area contributed by atoms with Crippen molar-refractivity contribution in [1.29, 1.82) is 0 Å². The molecule has 0 saturated heterocycles. The van der Waals surface area contributed by atoms with E-state index >= 15 is 0 Å². The highest BCUT2D eigenvalue weighted by Crippen LogP contribution is 2.38. The third-order valence-electron chi connectivity index (χ3n) is 6.64. The summed E-state index contributed by atoms with van der Waals surface area (Å²) >= 11 is 0. The molecule has 0 aromatic heterocycles. The zero-order valence-electron chi connectivity index (χ0n) is 17.8. The first kappa shape index (κ1) is 23.6. The van der Waals surface area contributed by atoms with Crippen molar-refractivity contribution in [2.45, 2.75) is 77.0 Å². The summed E-state index contributed by atoms with van der Waals surface area (Å²) in [6.45, 7) is 2.26. The Bertz CT molecular complexity index is 794. The molecule has 0 radical (unpaired) electrons. The average Bonchev–Trinajstić information content (AvgIpc) is 2.74. The van der Waals surface area contributed by atoms with Gasteiger partial charge in [0.15, 0.2) is 11.6 Å². The Kier molecular flexibility index (Phi) is 8.02. The second kappa shape index (κ2) is 10.5. The predicted molar refractivity (Wildman–Crippen MR) is 110 cm³/mol. The Balaban J connectivity index is 1.50. The van der Waals surface area contributed by atoms with Gasteiger partial charge < -0.3 is 4.74 Å². The fourth-order valence-corrected chi connectivity index (χ4v) is 4.74. The van der Waals surface area contributed by atoms with Crippen molar-refractivity contribution >= 4 is 0 Å². The highest BCUT2D eigenvalue weighted by Gasteiger charge is 2.34. The summed E-state index contributed by atoms with van der Waals surface area (Å²) in [5, 5.41) is 0. The number of alkyl halides is 3. The van der Waals surface area contributed by atoms with Crippen LogP contribution in [0.25, 0.3) is 0 Å². The van der Waals surface area contributed by atoms with Crippen molar-refractivity contribution in [2.75, 3.05) is 0 Å². The number of ether oxygens (including phenoxy) is 1. The highest BCUT2D eigenvalue weighted by molar-refractivity contribution is 5.33. The van der Waals surface area contributed by atoms with Crippen LogP contribution in [0.3, 0.4) is 0 Å². The number of halogens is 5. The van der Waals surface area contributed by atoms with E-state index in [-0.39, 0.29) is 11.8 Å². The van der Waals surface area contributed by atoms with Crippen LogP contribution < -0.4 is 4.74 Å². The first-order valence-corrected chi connectivity index (χ1v) is 11.2. The van der Waals surface area contributed by atoms with Crippen molar-refractivity contribution in [1.82, 2.24) is 0 Å². The lowest BCUT2D eigenvalue weighted by molar-refractivity contribution is -0.276. The van der Waals surface area contributed by atoms with Gasteiger partial charge in [0.25, 0.3) is 0 Å². The maximum Gasteiger partial charge on any atom is 0.573 e.